The molecule has 2 saturated heterocycles. The highest BCUT2D eigenvalue weighted by Crippen LogP contribution is 2.45. The highest BCUT2D eigenvalue weighted by atomic mass is 16.5. The molecule has 0 spiro atoms. The third-order valence-electron chi connectivity index (χ3n) is 9.87. The van der Waals surface area contributed by atoms with Gasteiger partial charge in [0.05, 0.1) is 23.2 Å². The predicted molar refractivity (Wildman–Crippen MR) is 168 cm³/mol. The van der Waals surface area contributed by atoms with E-state index in [-0.39, 0.29) is 29.8 Å². The number of carbonyl (C=O) groups is 2. The van der Waals surface area contributed by atoms with Crippen molar-refractivity contribution in [2.45, 2.75) is 78.0 Å². The lowest BCUT2D eigenvalue weighted by Crippen LogP contribution is -2.43. The van der Waals surface area contributed by atoms with Crippen LogP contribution >= 0.6 is 0 Å². The summed E-state index contributed by atoms with van der Waals surface area (Å²) in [6.07, 6.45) is 2.94. The van der Waals surface area contributed by atoms with Crippen molar-refractivity contribution in [1.29, 1.82) is 0 Å². The van der Waals surface area contributed by atoms with E-state index >= 15 is 0 Å². The van der Waals surface area contributed by atoms with E-state index in [2.05, 4.69) is 17.8 Å². The number of para-hydroxylation sites is 2. The topological polar surface area (TPSA) is 94.1 Å². The van der Waals surface area contributed by atoms with Gasteiger partial charge in [0.1, 0.15) is 17.1 Å². The number of aromatic hydroxyl groups is 1. The summed E-state index contributed by atoms with van der Waals surface area (Å²) in [5, 5.41) is 13.7. The maximum Gasteiger partial charge on any atom is 0.246 e. The monoisotopic (exact) mass is 582 g/mol. The molecule has 2 amide bonds. The molecule has 2 fully saturated rings. The Morgan fingerprint density at radius 1 is 0.884 bits per heavy atom. The summed E-state index contributed by atoms with van der Waals surface area (Å²) in [6.45, 7) is 10.1. The predicted octanol–water partition coefficient (Wildman–Crippen LogP) is 5.60. The first kappa shape index (κ1) is 29.2. The number of amides is 2. The summed E-state index contributed by atoms with van der Waals surface area (Å²) in [5.41, 5.74) is 10.8. The van der Waals surface area contributed by atoms with E-state index in [4.69, 9.17) is 4.74 Å². The smallest absolute Gasteiger partial charge is 0.246 e. The van der Waals surface area contributed by atoms with Crippen molar-refractivity contribution in [1.82, 2.24) is 10.9 Å². The van der Waals surface area contributed by atoms with E-state index in [0.717, 1.165) is 46.7 Å². The summed E-state index contributed by atoms with van der Waals surface area (Å²) < 4.78 is 6.72. The van der Waals surface area contributed by atoms with Crippen molar-refractivity contribution in [3.8, 4) is 11.5 Å². The van der Waals surface area contributed by atoms with Crippen LogP contribution in [-0.4, -0.2) is 34.6 Å². The number of nitrogens with zero attached hydrogens (tertiary/aromatic N) is 2. The van der Waals surface area contributed by atoms with Gasteiger partial charge in [0.15, 0.2) is 0 Å². The third kappa shape index (κ3) is 5.27. The van der Waals surface area contributed by atoms with Crippen molar-refractivity contribution >= 4 is 23.2 Å². The molecule has 8 heteroatoms. The van der Waals surface area contributed by atoms with Crippen LogP contribution in [0.4, 0.5) is 11.4 Å². The van der Waals surface area contributed by atoms with Gasteiger partial charge in [-0.05, 0) is 113 Å². The van der Waals surface area contributed by atoms with Crippen LogP contribution in [0.25, 0.3) is 0 Å². The van der Waals surface area contributed by atoms with Gasteiger partial charge in [-0.1, -0.05) is 36.4 Å². The van der Waals surface area contributed by atoms with Gasteiger partial charge in [-0.2, -0.15) is 0 Å². The Morgan fingerprint density at radius 2 is 1.40 bits per heavy atom. The fraction of sp³-hybridized carbons (Fsp3) is 0.429. The summed E-state index contributed by atoms with van der Waals surface area (Å²) >= 11 is 0. The number of hydrogen-bond acceptors (Lipinski definition) is 6. The van der Waals surface area contributed by atoms with Crippen LogP contribution in [0.1, 0.15) is 56.7 Å². The number of phenols is 1. The Morgan fingerprint density at radius 3 is 1.91 bits per heavy atom. The van der Waals surface area contributed by atoms with Crippen LogP contribution in [0.2, 0.25) is 0 Å². The van der Waals surface area contributed by atoms with E-state index in [1.54, 1.807) is 10.0 Å². The molecule has 6 rings (SSSR count). The number of rotatable bonds is 7. The highest BCUT2D eigenvalue weighted by Gasteiger charge is 2.52. The number of benzene rings is 3. The first-order valence-corrected chi connectivity index (χ1v) is 15.4. The Labute approximate surface area is 254 Å². The zero-order valence-corrected chi connectivity index (χ0v) is 25.6. The molecule has 3 N–H and O–H groups in total. The summed E-state index contributed by atoms with van der Waals surface area (Å²) in [6, 6.07) is 20.8. The molecule has 0 bridgehead atoms. The van der Waals surface area contributed by atoms with Crippen molar-refractivity contribution in [2.24, 2.45) is 17.8 Å². The second-order valence-corrected chi connectivity index (χ2v) is 12.8. The second-order valence-electron chi connectivity index (χ2n) is 12.8. The Bertz CT molecular complexity index is 1440. The quantitative estimate of drug-likeness (QED) is 0.336. The average Bonchev–Trinajstić information content (AvgIpc) is 3.47. The molecule has 3 heterocycles. The minimum absolute atomic E-state index is 0.0103. The fourth-order valence-corrected chi connectivity index (χ4v) is 7.28. The van der Waals surface area contributed by atoms with Crippen molar-refractivity contribution in [3.63, 3.8) is 0 Å². The SMILES string of the molecule is Cc1c(O)cc2c(c1C)OC(C)(CCC(C1C(=O)N(c3ccccc3)NC1C)C1C(=O)N(c3ccccc3)NC1C)CC2. The molecule has 0 aromatic heterocycles. The van der Waals surface area contributed by atoms with E-state index < -0.39 is 17.4 Å². The molecule has 226 valence electrons. The van der Waals surface area contributed by atoms with Crippen molar-refractivity contribution < 1.29 is 19.4 Å². The molecule has 3 aliphatic rings. The van der Waals surface area contributed by atoms with Crippen LogP contribution in [0.3, 0.4) is 0 Å². The zero-order chi connectivity index (χ0) is 30.5. The lowest BCUT2D eigenvalue weighted by atomic mass is 9.71. The molecule has 43 heavy (non-hydrogen) atoms. The van der Waals surface area contributed by atoms with Gasteiger partial charge in [0, 0.05) is 12.1 Å². The summed E-state index contributed by atoms with van der Waals surface area (Å²) in [7, 11) is 0. The molecule has 0 radical (unpaired) electrons. The highest BCUT2D eigenvalue weighted by molar-refractivity contribution is 6.00. The number of hydrazine groups is 2. The standard InChI is InChI=1S/C35H42N4O4/c1-21-22(2)32-25(20-29(21)40)16-18-35(5,43-32)19-17-28(30-23(3)36-38(33(30)41)26-12-8-6-9-13-26)31-24(4)37-39(34(31)42)27-14-10-7-11-15-27/h6-15,20,23-24,28,30-31,36-37,40H,16-19H2,1-5H3. The maximum atomic E-state index is 14.2. The molecule has 0 aliphatic carbocycles. The number of hydrogen-bond donors (Lipinski definition) is 3. The van der Waals surface area contributed by atoms with Gasteiger partial charge in [-0.3, -0.25) is 9.59 Å². The summed E-state index contributed by atoms with van der Waals surface area (Å²) in [5.74, 6) is 0.121. The van der Waals surface area contributed by atoms with Crippen molar-refractivity contribution in [2.75, 3.05) is 10.0 Å². The molecule has 3 aromatic rings. The Hall–Kier alpha value is -3.88. The largest absolute Gasteiger partial charge is 0.508 e. The lowest BCUT2D eigenvalue weighted by molar-refractivity contribution is -0.127. The molecular formula is C35H42N4O4. The van der Waals surface area contributed by atoms with Gasteiger partial charge >= 0.3 is 0 Å². The number of aryl methyl sites for hydroxylation is 1. The molecule has 5 atom stereocenters. The normalized spacial score (nSPS) is 27.7. The second kappa shape index (κ2) is 11.3. The van der Waals surface area contributed by atoms with Crippen molar-refractivity contribution in [3.05, 3.63) is 83.4 Å². The van der Waals surface area contributed by atoms with Crippen LogP contribution in [0.15, 0.2) is 66.7 Å². The third-order valence-corrected chi connectivity index (χ3v) is 9.87. The fourth-order valence-electron chi connectivity index (χ4n) is 7.28. The van der Waals surface area contributed by atoms with Gasteiger partial charge in [-0.15, -0.1) is 0 Å². The molecule has 0 saturated carbocycles. The number of phenolic OH excluding ortho intramolecular Hbond substituents is 1. The Balaban J connectivity index is 1.31. The molecule has 8 nitrogen and oxygen atoms in total. The van der Waals surface area contributed by atoms with Crippen LogP contribution in [-0.2, 0) is 16.0 Å². The minimum Gasteiger partial charge on any atom is -0.508 e. The van der Waals surface area contributed by atoms with E-state index in [1.807, 2.05) is 94.4 Å². The van der Waals surface area contributed by atoms with Crippen LogP contribution < -0.4 is 25.6 Å². The zero-order valence-electron chi connectivity index (χ0n) is 25.6. The van der Waals surface area contributed by atoms with Gasteiger partial charge in [-0.25, -0.2) is 20.9 Å². The number of anilines is 2. The van der Waals surface area contributed by atoms with Crippen LogP contribution in [0.5, 0.6) is 11.5 Å². The number of nitrogens with one attached hydrogen (secondary N) is 2. The number of fused-ring (bicyclic) bond motifs is 1. The van der Waals surface area contributed by atoms with E-state index in [0.29, 0.717) is 18.6 Å². The Kier molecular flexibility index (Phi) is 7.69. The first-order chi connectivity index (χ1) is 20.6. The van der Waals surface area contributed by atoms with Crippen LogP contribution in [0, 0.1) is 31.6 Å². The lowest BCUT2D eigenvalue weighted by Gasteiger charge is -2.39. The van der Waals surface area contributed by atoms with Gasteiger partial charge in [0.25, 0.3) is 0 Å². The molecule has 3 aliphatic heterocycles. The van der Waals surface area contributed by atoms with Gasteiger partial charge < -0.3 is 9.84 Å². The molecule has 5 unspecified atom stereocenters. The summed E-state index contributed by atoms with van der Waals surface area (Å²) in [4.78, 5) is 28.3. The molecular weight excluding hydrogens is 540 g/mol. The first-order valence-electron chi connectivity index (χ1n) is 15.4. The average molecular weight is 583 g/mol. The van der Waals surface area contributed by atoms with E-state index in [9.17, 15) is 14.7 Å². The van der Waals surface area contributed by atoms with E-state index in [1.165, 1.54) is 0 Å². The van der Waals surface area contributed by atoms with Gasteiger partial charge in [0.2, 0.25) is 11.8 Å². The number of ether oxygens (including phenoxy) is 1. The minimum atomic E-state index is -0.464. The maximum absolute atomic E-state index is 14.2. The number of carbonyl (C=O) groups excluding carboxylic acids is 2. The molecule has 3 aromatic carbocycles.